The minimum absolute atomic E-state index is 0.131. The fourth-order valence-corrected chi connectivity index (χ4v) is 1.44. The summed E-state index contributed by atoms with van der Waals surface area (Å²) in [4.78, 5) is 0. The predicted molar refractivity (Wildman–Crippen MR) is 67.2 cm³/mol. The minimum Gasteiger partial charge on any atom is -0.385 e. The number of nitrogens with one attached hydrogen (secondary N) is 1. The van der Waals surface area contributed by atoms with E-state index in [0.717, 1.165) is 18.7 Å². The topological polar surface area (TPSA) is 30.5 Å². The molecule has 0 saturated carbocycles. The molecule has 0 saturated heterocycles. The second-order valence-corrected chi connectivity index (χ2v) is 3.92. The molecule has 0 heterocycles. The predicted octanol–water partition coefficient (Wildman–Crippen LogP) is 2.94. The van der Waals surface area contributed by atoms with E-state index in [-0.39, 0.29) is 5.02 Å². The van der Waals surface area contributed by atoms with E-state index < -0.39 is 5.82 Å². The van der Waals surface area contributed by atoms with Gasteiger partial charge in [-0.15, -0.1) is 0 Å². The van der Waals surface area contributed by atoms with Crippen molar-refractivity contribution >= 4 is 17.3 Å². The van der Waals surface area contributed by atoms with E-state index in [1.54, 1.807) is 19.2 Å². The SMILES string of the molecule is COCCOCCCNc1ccc(F)c(Cl)c1. The summed E-state index contributed by atoms with van der Waals surface area (Å²) in [5, 5.41) is 3.27. The second-order valence-electron chi connectivity index (χ2n) is 3.51. The van der Waals surface area contributed by atoms with Crippen LogP contribution in [-0.2, 0) is 9.47 Å². The second kappa shape index (κ2) is 8.28. The van der Waals surface area contributed by atoms with Crippen molar-refractivity contribution < 1.29 is 13.9 Å². The molecule has 3 nitrogen and oxygen atoms in total. The van der Waals surface area contributed by atoms with Gasteiger partial charge in [-0.05, 0) is 24.6 Å². The summed E-state index contributed by atoms with van der Waals surface area (Å²) in [5.74, 6) is -0.403. The lowest BCUT2D eigenvalue weighted by Crippen LogP contribution is -2.08. The molecule has 0 bridgehead atoms. The highest BCUT2D eigenvalue weighted by Crippen LogP contribution is 2.19. The van der Waals surface area contributed by atoms with E-state index in [0.29, 0.717) is 19.8 Å². The molecule has 0 amide bonds. The normalized spacial score (nSPS) is 10.5. The van der Waals surface area contributed by atoms with Gasteiger partial charge in [0.25, 0.3) is 0 Å². The average Bonchev–Trinajstić information content (AvgIpc) is 2.32. The summed E-state index contributed by atoms with van der Waals surface area (Å²) in [6.07, 6.45) is 0.874. The van der Waals surface area contributed by atoms with Gasteiger partial charge in [-0.3, -0.25) is 0 Å². The van der Waals surface area contributed by atoms with E-state index in [1.807, 2.05) is 0 Å². The molecule has 1 aromatic carbocycles. The number of anilines is 1. The van der Waals surface area contributed by atoms with Gasteiger partial charge in [-0.1, -0.05) is 11.6 Å². The van der Waals surface area contributed by atoms with Crippen LogP contribution in [0.3, 0.4) is 0 Å². The van der Waals surface area contributed by atoms with Crippen LogP contribution in [0.5, 0.6) is 0 Å². The van der Waals surface area contributed by atoms with Crippen molar-refractivity contribution in [2.24, 2.45) is 0 Å². The zero-order chi connectivity index (χ0) is 12.5. The number of rotatable bonds is 8. The zero-order valence-electron chi connectivity index (χ0n) is 9.84. The minimum atomic E-state index is -0.403. The quantitative estimate of drug-likeness (QED) is 0.730. The van der Waals surface area contributed by atoms with E-state index in [9.17, 15) is 4.39 Å². The first kappa shape index (κ1) is 14.2. The van der Waals surface area contributed by atoms with Crippen molar-refractivity contribution in [2.45, 2.75) is 6.42 Å². The molecule has 0 unspecified atom stereocenters. The molecule has 1 aromatic rings. The Morgan fingerprint density at radius 3 is 2.82 bits per heavy atom. The number of benzene rings is 1. The van der Waals surface area contributed by atoms with E-state index in [4.69, 9.17) is 21.1 Å². The Labute approximate surface area is 106 Å². The Bertz CT molecular complexity index is 336. The maximum Gasteiger partial charge on any atom is 0.141 e. The summed E-state index contributed by atoms with van der Waals surface area (Å²) in [5.41, 5.74) is 0.813. The first-order chi connectivity index (χ1) is 8.24. The first-order valence-corrected chi connectivity index (χ1v) is 5.87. The molecule has 0 aliphatic heterocycles. The number of hydrogen-bond donors (Lipinski definition) is 1. The molecule has 0 aliphatic carbocycles. The summed E-state index contributed by atoms with van der Waals surface area (Å²) in [7, 11) is 1.64. The van der Waals surface area contributed by atoms with Crippen molar-refractivity contribution in [1.82, 2.24) is 0 Å². The van der Waals surface area contributed by atoms with Gasteiger partial charge in [0.05, 0.1) is 18.2 Å². The number of halogens is 2. The zero-order valence-corrected chi connectivity index (χ0v) is 10.6. The average molecular weight is 262 g/mol. The van der Waals surface area contributed by atoms with Crippen LogP contribution in [0.1, 0.15) is 6.42 Å². The van der Waals surface area contributed by atoms with Crippen molar-refractivity contribution in [3.63, 3.8) is 0 Å². The third kappa shape index (κ3) is 5.86. The van der Waals surface area contributed by atoms with Crippen molar-refractivity contribution in [1.29, 1.82) is 0 Å². The van der Waals surface area contributed by atoms with Crippen LogP contribution in [0.25, 0.3) is 0 Å². The Morgan fingerprint density at radius 1 is 1.29 bits per heavy atom. The van der Waals surface area contributed by atoms with Gasteiger partial charge in [-0.2, -0.15) is 0 Å². The molecule has 0 spiro atoms. The third-order valence-electron chi connectivity index (χ3n) is 2.15. The Kier molecular flexibility index (Phi) is 6.93. The van der Waals surface area contributed by atoms with Crippen molar-refractivity contribution in [3.8, 4) is 0 Å². The molecule has 0 atom stereocenters. The van der Waals surface area contributed by atoms with E-state index in [2.05, 4.69) is 5.32 Å². The number of ether oxygens (including phenoxy) is 2. The van der Waals surface area contributed by atoms with Gasteiger partial charge in [0.1, 0.15) is 5.82 Å². The monoisotopic (exact) mass is 261 g/mol. The third-order valence-corrected chi connectivity index (χ3v) is 2.44. The number of hydrogen-bond acceptors (Lipinski definition) is 3. The molecule has 0 aliphatic rings. The first-order valence-electron chi connectivity index (χ1n) is 5.49. The Hall–Kier alpha value is -0.840. The number of methoxy groups -OCH3 is 1. The lowest BCUT2D eigenvalue weighted by atomic mass is 10.3. The summed E-state index contributed by atoms with van der Waals surface area (Å²) in [6, 6.07) is 4.58. The lowest BCUT2D eigenvalue weighted by Gasteiger charge is -2.07. The largest absolute Gasteiger partial charge is 0.385 e. The molecule has 17 heavy (non-hydrogen) atoms. The van der Waals surface area contributed by atoms with Gasteiger partial charge >= 0.3 is 0 Å². The highest BCUT2D eigenvalue weighted by atomic mass is 35.5. The Morgan fingerprint density at radius 2 is 2.12 bits per heavy atom. The van der Waals surface area contributed by atoms with Crippen molar-refractivity contribution in [2.75, 3.05) is 38.8 Å². The fraction of sp³-hybridized carbons (Fsp3) is 0.500. The van der Waals surface area contributed by atoms with Gasteiger partial charge in [0.2, 0.25) is 0 Å². The molecule has 0 aromatic heterocycles. The van der Waals surface area contributed by atoms with Crippen LogP contribution in [0.4, 0.5) is 10.1 Å². The molecule has 5 heteroatoms. The van der Waals surface area contributed by atoms with Crippen LogP contribution in [0, 0.1) is 5.82 Å². The van der Waals surface area contributed by atoms with Crippen LogP contribution in [0.2, 0.25) is 5.02 Å². The maximum absolute atomic E-state index is 12.9. The molecule has 0 radical (unpaired) electrons. The molecular weight excluding hydrogens is 245 g/mol. The summed E-state index contributed by atoms with van der Waals surface area (Å²) >= 11 is 5.66. The fourth-order valence-electron chi connectivity index (χ4n) is 1.26. The van der Waals surface area contributed by atoms with Gasteiger partial charge in [0, 0.05) is 25.9 Å². The smallest absolute Gasteiger partial charge is 0.141 e. The van der Waals surface area contributed by atoms with Crippen LogP contribution in [-0.4, -0.2) is 33.5 Å². The molecule has 0 fully saturated rings. The molecule has 1 rings (SSSR count). The highest BCUT2D eigenvalue weighted by molar-refractivity contribution is 6.31. The summed E-state index contributed by atoms with van der Waals surface area (Å²) in [6.45, 7) is 2.65. The van der Waals surface area contributed by atoms with Crippen LogP contribution < -0.4 is 5.32 Å². The van der Waals surface area contributed by atoms with Crippen LogP contribution in [0.15, 0.2) is 18.2 Å². The Balaban J connectivity index is 2.11. The lowest BCUT2D eigenvalue weighted by molar-refractivity contribution is 0.0705. The van der Waals surface area contributed by atoms with Gasteiger partial charge in [0.15, 0.2) is 0 Å². The van der Waals surface area contributed by atoms with E-state index in [1.165, 1.54) is 6.07 Å². The molecule has 1 N–H and O–H groups in total. The van der Waals surface area contributed by atoms with E-state index >= 15 is 0 Å². The van der Waals surface area contributed by atoms with Gasteiger partial charge < -0.3 is 14.8 Å². The highest BCUT2D eigenvalue weighted by Gasteiger charge is 1.99. The molecular formula is C12H17ClFNO2. The van der Waals surface area contributed by atoms with Gasteiger partial charge in [-0.25, -0.2) is 4.39 Å². The summed E-state index contributed by atoms with van der Waals surface area (Å²) < 4.78 is 23.0. The molecule has 96 valence electrons. The maximum atomic E-state index is 12.9. The standard InChI is InChI=1S/C12H17ClFNO2/c1-16-7-8-17-6-2-5-15-10-3-4-12(14)11(13)9-10/h3-4,9,15H,2,5-8H2,1H3. The van der Waals surface area contributed by atoms with Crippen molar-refractivity contribution in [3.05, 3.63) is 29.0 Å². The van der Waals surface area contributed by atoms with Crippen LogP contribution >= 0.6 is 11.6 Å².